The number of carbonyl (C=O) groups excluding carboxylic acids is 1. The summed E-state index contributed by atoms with van der Waals surface area (Å²) in [6.45, 7) is 0.728. The van der Waals surface area contributed by atoms with Crippen LogP contribution in [0, 0.1) is 12.3 Å². The number of rotatable bonds is 5. The highest BCUT2D eigenvalue weighted by atomic mass is 16.5. The highest BCUT2D eigenvalue weighted by Gasteiger charge is 2.43. The summed E-state index contributed by atoms with van der Waals surface area (Å²) in [5.41, 5.74) is 1.08. The summed E-state index contributed by atoms with van der Waals surface area (Å²) < 4.78 is 5.49. The van der Waals surface area contributed by atoms with E-state index in [1.807, 2.05) is 18.2 Å². The zero-order valence-corrected chi connectivity index (χ0v) is 13.9. The highest BCUT2D eigenvalue weighted by molar-refractivity contribution is 5.94. The lowest BCUT2D eigenvalue weighted by molar-refractivity contribution is 0.0947. The lowest BCUT2D eigenvalue weighted by atomic mass is 10.0. The van der Waals surface area contributed by atoms with Gasteiger partial charge in [0.15, 0.2) is 11.4 Å². The lowest BCUT2D eigenvalue weighted by Gasteiger charge is -2.08. The number of ether oxygens (including phenoxy) is 1. The molecule has 0 bridgehead atoms. The van der Waals surface area contributed by atoms with Crippen LogP contribution in [0.15, 0.2) is 48.7 Å². The van der Waals surface area contributed by atoms with Crippen molar-refractivity contribution in [3.63, 3.8) is 0 Å². The fraction of sp³-hybridized carbons (Fsp3) is 0.300. The van der Waals surface area contributed by atoms with E-state index in [-0.39, 0.29) is 5.91 Å². The zero-order chi connectivity index (χ0) is 17.5. The van der Waals surface area contributed by atoms with E-state index < -0.39 is 0 Å². The smallest absolute Gasteiger partial charge is 0.251 e. The molecule has 0 radical (unpaired) electrons. The molecule has 1 aliphatic heterocycles. The zero-order valence-electron chi connectivity index (χ0n) is 13.9. The van der Waals surface area contributed by atoms with Crippen molar-refractivity contribution in [2.45, 2.75) is 24.9 Å². The number of amides is 1. The average molecular weight is 335 g/mol. The number of hydrogen-bond donors (Lipinski definition) is 2. The van der Waals surface area contributed by atoms with Gasteiger partial charge >= 0.3 is 0 Å². The third-order valence-corrected chi connectivity index (χ3v) is 4.18. The predicted molar refractivity (Wildman–Crippen MR) is 96.4 cm³/mol. The van der Waals surface area contributed by atoms with Gasteiger partial charge in [0.1, 0.15) is 6.61 Å². The van der Waals surface area contributed by atoms with Gasteiger partial charge in [-0.3, -0.25) is 4.79 Å². The molecule has 5 nitrogen and oxygen atoms in total. The Kier molecular flexibility index (Phi) is 5.65. The van der Waals surface area contributed by atoms with E-state index in [9.17, 15) is 4.79 Å². The molecular weight excluding hydrogens is 314 g/mol. The van der Waals surface area contributed by atoms with Crippen molar-refractivity contribution >= 4 is 5.91 Å². The fourth-order valence-electron chi connectivity index (χ4n) is 2.52. The Balaban J connectivity index is 0.000000304. The van der Waals surface area contributed by atoms with Crippen molar-refractivity contribution in [2.24, 2.45) is 0 Å². The molecule has 2 N–H and O–H groups in total. The third-order valence-electron chi connectivity index (χ3n) is 4.18. The summed E-state index contributed by atoms with van der Waals surface area (Å²) >= 11 is 0. The van der Waals surface area contributed by atoms with Crippen LogP contribution in [0.2, 0.25) is 0 Å². The van der Waals surface area contributed by atoms with E-state index in [4.69, 9.17) is 11.2 Å². The van der Waals surface area contributed by atoms with Gasteiger partial charge in [-0.15, -0.1) is 6.42 Å². The molecule has 2 fully saturated rings. The maximum Gasteiger partial charge on any atom is 0.251 e. The van der Waals surface area contributed by atoms with Gasteiger partial charge < -0.3 is 15.4 Å². The number of nitrogens with one attached hydrogen (secondary N) is 2. The maximum absolute atomic E-state index is 11.8. The number of hydrogen-bond acceptors (Lipinski definition) is 4. The SMILES string of the molecule is C#Cc1ncccc1OCCNC(=O)c1ccccc1.C1CC2NC12. The Bertz CT molecular complexity index is 743. The van der Waals surface area contributed by atoms with E-state index in [1.165, 1.54) is 12.8 Å². The van der Waals surface area contributed by atoms with Gasteiger partial charge in [0, 0.05) is 23.8 Å². The van der Waals surface area contributed by atoms with Crippen molar-refractivity contribution < 1.29 is 9.53 Å². The van der Waals surface area contributed by atoms with E-state index in [0.717, 1.165) is 12.1 Å². The normalized spacial score (nSPS) is 19.2. The first-order chi connectivity index (χ1) is 12.3. The molecule has 2 unspecified atom stereocenters. The summed E-state index contributed by atoms with van der Waals surface area (Å²) in [6.07, 6.45) is 9.83. The molecule has 1 amide bonds. The molecule has 1 saturated carbocycles. The van der Waals surface area contributed by atoms with Crippen LogP contribution in [0.5, 0.6) is 5.75 Å². The Labute approximate surface area is 147 Å². The number of nitrogens with zero attached hydrogens (tertiary/aromatic N) is 1. The molecule has 2 aromatic rings. The molecule has 2 aliphatic rings. The van der Waals surface area contributed by atoms with Gasteiger partial charge in [-0.25, -0.2) is 4.98 Å². The lowest BCUT2D eigenvalue weighted by Crippen LogP contribution is -2.28. The van der Waals surface area contributed by atoms with Gasteiger partial charge in [-0.2, -0.15) is 0 Å². The van der Waals surface area contributed by atoms with Crippen molar-refractivity contribution in [1.29, 1.82) is 0 Å². The molecule has 2 atom stereocenters. The number of terminal acetylenes is 1. The number of aromatic nitrogens is 1. The van der Waals surface area contributed by atoms with Gasteiger partial charge in [0.05, 0.1) is 6.54 Å². The first-order valence-electron chi connectivity index (χ1n) is 8.41. The quantitative estimate of drug-likeness (QED) is 0.498. The number of pyridine rings is 1. The number of carbonyl (C=O) groups is 1. The second-order valence-corrected chi connectivity index (χ2v) is 5.92. The number of benzene rings is 1. The topological polar surface area (TPSA) is 73.2 Å². The van der Waals surface area contributed by atoms with Crippen LogP contribution in [0.1, 0.15) is 28.9 Å². The minimum absolute atomic E-state index is 0.127. The minimum Gasteiger partial charge on any atom is -0.489 e. The van der Waals surface area contributed by atoms with Crippen LogP contribution < -0.4 is 15.4 Å². The first kappa shape index (κ1) is 17.0. The van der Waals surface area contributed by atoms with Crippen molar-refractivity contribution in [1.82, 2.24) is 15.6 Å². The Hall–Kier alpha value is -2.84. The molecule has 0 spiro atoms. The van der Waals surface area contributed by atoms with Crippen LogP contribution in [0.25, 0.3) is 0 Å². The molecule has 1 saturated heterocycles. The van der Waals surface area contributed by atoms with E-state index in [2.05, 4.69) is 21.5 Å². The molecule has 1 aliphatic carbocycles. The first-order valence-corrected chi connectivity index (χ1v) is 8.41. The minimum atomic E-state index is -0.127. The van der Waals surface area contributed by atoms with Gasteiger partial charge in [-0.05, 0) is 43.0 Å². The Morgan fingerprint density at radius 1 is 1.24 bits per heavy atom. The van der Waals surface area contributed by atoms with Crippen molar-refractivity contribution in [3.8, 4) is 18.1 Å². The second kappa shape index (κ2) is 8.32. The van der Waals surface area contributed by atoms with E-state index in [1.54, 1.807) is 30.5 Å². The van der Waals surface area contributed by atoms with E-state index >= 15 is 0 Å². The van der Waals surface area contributed by atoms with Crippen LogP contribution in [-0.4, -0.2) is 36.1 Å². The van der Waals surface area contributed by atoms with Crippen molar-refractivity contribution in [3.05, 3.63) is 59.9 Å². The molecule has 4 rings (SSSR count). The summed E-state index contributed by atoms with van der Waals surface area (Å²) in [7, 11) is 0. The van der Waals surface area contributed by atoms with Gasteiger partial charge in [0.25, 0.3) is 5.91 Å². The second-order valence-electron chi connectivity index (χ2n) is 5.92. The average Bonchev–Trinajstić information content (AvgIpc) is 3.25. The largest absolute Gasteiger partial charge is 0.489 e. The molecule has 1 aromatic heterocycles. The maximum atomic E-state index is 11.8. The molecule has 25 heavy (non-hydrogen) atoms. The molecule has 5 heteroatoms. The number of fused-ring (bicyclic) bond motifs is 1. The Morgan fingerprint density at radius 3 is 2.60 bits per heavy atom. The van der Waals surface area contributed by atoms with E-state index in [0.29, 0.717) is 30.2 Å². The third kappa shape index (κ3) is 4.82. The molecule has 1 aromatic carbocycles. The van der Waals surface area contributed by atoms with Crippen LogP contribution >= 0.6 is 0 Å². The standard InChI is InChI=1S/C16H14N2O2.C4H7N/c1-2-14-15(9-6-10-17-14)20-12-11-18-16(19)13-7-4-3-5-8-13;1-2-4-3(1)5-4/h1,3-10H,11-12H2,(H,18,19);3-5H,1-2H2. The van der Waals surface area contributed by atoms with Crippen LogP contribution in [0.4, 0.5) is 0 Å². The fourth-order valence-corrected chi connectivity index (χ4v) is 2.52. The summed E-state index contributed by atoms with van der Waals surface area (Å²) in [5, 5.41) is 6.08. The van der Waals surface area contributed by atoms with Crippen LogP contribution in [-0.2, 0) is 0 Å². The highest BCUT2D eigenvalue weighted by Crippen LogP contribution is 2.31. The summed E-state index contributed by atoms with van der Waals surface area (Å²) in [4.78, 5) is 15.8. The van der Waals surface area contributed by atoms with Crippen LogP contribution in [0.3, 0.4) is 0 Å². The van der Waals surface area contributed by atoms with Gasteiger partial charge in [0.2, 0.25) is 0 Å². The summed E-state index contributed by atoms with van der Waals surface area (Å²) in [6, 6.07) is 14.5. The molecule has 128 valence electrons. The summed E-state index contributed by atoms with van der Waals surface area (Å²) in [5.74, 6) is 2.87. The predicted octanol–water partition coefficient (Wildman–Crippen LogP) is 1.99. The Morgan fingerprint density at radius 2 is 2.00 bits per heavy atom. The molecule has 2 heterocycles. The monoisotopic (exact) mass is 335 g/mol. The molecular formula is C20H21N3O2. The van der Waals surface area contributed by atoms with Crippen molar-refractivity contribution in [2.75, 3.05) is 13.2 Å². The van der Waals surface area contributed by atoms with Gasteiger partial charge in [-0.1, -0.05) is 18.2 Å².